The Balaban J connectivity index is 2.89. The third kappa shape index (κ3) is 12.9. The lowest BCUT2D eigenvalue weighted by Crippen LogP contribution is -2.37. The van der Waals surface area contributed by atoms with Gasteiger partial charge in [-0.15, -0.1) is 0 Å². The van der Waals surface area contributed by atoms with Crippen molar-refractivity contribution in [2.24, 2.45) is 5.73 Å². The molecule has 1 rings (SSSR count). The van der Waals surface area contributed by atoms with E-state index in [9.17, 15) is 19.2 Å². The van der Waals surface area contributed by atoms with Gasteiger partial charge in [-0.05, 0) is 43.9 Å². The van der Waals surface area contributed by atoms with Crippen molar-refractivity contribution in [2.45, 2.75) is 97.6 Å². The van der Waals surface area contributed by atoms with Crippen molar-refractivity contribution in [1.82, 2.24) is 0 Å². The maximum absolute atomic E-state index is 12.3. The molecule has 35 heavy (non-hydrogen) atoms. The standard InChI is InChI=1S/C26H39NO8/c1-5-7-9-11-24(29)34-22-14-13-20(16-23(22)35-25(30)12-10-8-6-2)15-21(27)26(31)33-18(3)17-32-19(4)28/h13-14,16,18,21H,5-12,15,17,27H2,1-4H3/t18-,21-/m0/s1. The van der Waals surface area contributed by atoms with Crippen LogP contribution in [0.25, 0.3) is 0 Å². The Hall–Kier alpha value is -2.94. The summed E-state index contributed by atoms with van der Waals surface area (Å²) in [5.41, 5.74) is 6.60. The minimum absolute atomic E-state index is 0.0652. The minimum atomic E-state index is -0.995. The van der Waals surface area contributed by atoms with Crippen LogP contribution in [0.2, 0.25) is 0 Å². The molecule has 1 aromatic rings. The fraction of sp³-hybridized carbons (Fsp3) is 0.615. The van der Waals surface area contributed by atoms with Gasteiger partial charge in [0.05, 0.1) is 0 Å². The molecule has 0 saturated carbocycles. The number of nitrogens with two attached hydrogens (primary N) is 1. The Bertz CT molecular complexity index is 839. The number of hydrogen-bond donors (Lipinski definition) is 1. The molecule has 0 aliphatic heterocycles. The summed E-state index contributed by atoms with van der Waals surface area (Å²) in [4.78, 5) is 47.7. The Kier molecular flexibility index (Phi) is 14.3. The molecule has 0 radical (unpaired) electrons. The maximum atomic E-state index is 12.3. The summed E-state index contributed by atoms with van der Waals surface area (Å²) in [6.07, 6.45) is 5.15. The third-order valence-corrected chi connectivity index (χ3v) is 5.02. The van der Waals surface area contributed by atoms with Crippen LogP contribution in [0, 0.1) is 0 Å². The molecule has 0 unspecified atom stereocenters. The first-order valence-corrected chi connectivity index (χ1v) is 12.3. The fourth-order valence-electron chi connectivity index (χ4n) is 3.12. The molecule has 1 aromatic carbocycles. The van der Waals surface area contributed by atoms with Crippen LogP contribution in [-0.4, -0.2) is 42.6 Å². The zero-order chi connectivity index (χ0) is 26.2. The van der Waals surface area contributed by atoms with E-state index < -0.39 is 36.0 Å². The molecule has 9 nitrogen and oxygen atoms in total. The average Bonchev–Trinajstić information content (AvgIpc) is 2.79. The van der Waals surface area contributed by atoms with E-state index in [1.165, 1.54) is 13.0 Å². The van der Waals surface area contributed by atoms with Gasteiger partial charge in [0.15, 0.2) is 11.5 Å². The lowest BCUT2D eigenvalue weighted by Gasteiger charge is -2.17. The van der Waals surface area contributed by atoms with Crippen LogP contribution in [0.1, 0.15) is 84.6 Å². The summed E-state index contributed by atoms with van der Waals surface area (Å²) >= 11 is 0. The number of unbranched alkanes of at least 4 members (excludes halogenated alkanes) is 4. The van der Waals surface area contributed by atoms with Gasteiger partial charge in [-0.1, -0.05) is 45.6 Å². The van der Waals surface area contributed by atoms with E-state index in [1.807, 2.05) is 13.8 Å². The third-order valence-electron chi connectivity index (χ3n) is 5.02. The number of hydrogen-bond acceptors (Lipinski definition) is 9. The van der Waals surface area contributed by atoms with E-state index in [-0.39, 0.29) is 37.4 Å². The molecule has 196 valence electrons. The maximum Gasteiger partial charge on any atom is 0.323 e. The van der Waals surface area contributed by atoms with E-state index in [4.69, 9.17) is 24.7 Å². The van der Waals surface area contributed by atoms with Crippen molar-refractivity contribution in [3.8, 4) is 11.5 Å². The second-order valence-electron chi connectivity index (χ2n) is 8.50. The van der Waals surface area contributed by atoms with Crippen molar-refractivity contribution in [3.63, 3.8) is 0 Å². The van der Waals surface area contributed by atoms with Crippen molar-refractivity contribution in [1.29, 1.82) is 0 Å². The van der Waals surface area contributed by atoms with Crippen LogP contribution >= 0.6 is 0 Å². The van der Waals surface area contributed by atoms with Crippen molar-refractivity contribution < 1.29 is 38.1 Å². The number of carbonyl (C=O) groups excluding carboxylic acids is 4. The normalized spacial score (nSPS) is 12.4. The van der Waals surface area contributed by atoms with Crippen molar-refractivity contribution >= 4 is 23.9 Å². The Morgan fingerprint density at radius 1 is 0.886 bits per heavy atom. The smallest absolute Gasteiger partial charge is 0.323 e. The van der Waals surface area contributed by atoms with Gasteiger partial charge >= 0.3 is 23.9 Å². The first-order valence-electron chi connectivity index (χ1n) is 12.3. The highest BCUT2D eigenvalue weighted by molar-refractivity contribution is 5.77. The average molecular weight is 494 g/mol. The summed E-state index contributed by atoms with van der Waals surface area (Å²) in [5, 5.41) is 0. The van der Waals surface area contributed by atoms with Crippen LogP contribution in [0.15, 0.2) is 18.2 Å². The highest BCUT2D eigenvalue weighted by Crippen LogP contribution is 2.30. The van der Waals surface area contributed by atoms with Crippen LogP contribution in [0.3, 0.4) is 0 Å². The quantitative estimate of drug-likeness (QED) is 0.206. The molecule has 2 N–H and O–H groups in total. The second kappa shape index (κ2) is 16.6. The van der Waals surface area contributed by atoms with Crippen molar-refractivity contribution in [2.75, 3.05) is 6.61 Å². The van der Waals surface area contributed by atoms with E-state index in [1.54, 1.807) is 19.1 Å². The predicted molar refractivity (Wildman–Crippen MR) is 130 cm³/mol. The zero-order valence-electron chi connectivity index (χ0n) is 21.3. The summed E-state index contributed by atoms with van der Waals surface area (Å²) in [6, 6.07) is 3.73. The largest absolute Gasteiger partial charge is 0.462 e. The van der Waals surface area contributed by atoms with Gasteiger partial charge in [-0.2, -0.15) is 0 Å². The van der Waals surface area contributed by atoms with Gasteiger partial charge in [0.1, 0.15) is 18.8 Å². The van der Waals surface area contributed by atoms with E-state index in [0.29, 0.717) is 18.4 Å². The van der Waals surface area contributed by atoms with Gasteiger partial charge in [-0.3, -0.25) is 19.2 Å². The summed E-state index contributed by atoms with van der Waals surface area (Å²) in [5.74, 6) is -1.71. The Morgan fingerprint density at radius 2 is 1.46 bits per heavy atom. The number of benzene rings is 1. The van der Waals surface area contributed by atoms with Gasteiger partial charge in [-0.25, -0.2) is 0 Å². The molecule has 2 atom stereocenters. The van der Waals surface area contributed by atoms with E-state index in [0.717, 1.165) is 25.7 Å². The molecule has 0 bridgehead atoms. The molecule has 0 spiro atoms. The number of carbonyl (C=O) groups is 4. The number of esters is 4. The molecule has 9 heteroatoms. The van der Waals surface area contributed by atoms with Crippen LogP contribution in [0.4, 0.5) is 0 Å². The van der Waals surface area contributed by atoms with Gasteiger partial charge < -0.3 is 24.7 Å². The molecule has 0 aliphatic carbocycles. The lowest BCUT2D eigenvalue weighted by molar-refractivity contribution is -0.157. The highest BCUT2D eigenvalue weighted by Gasteiger charge is 2.21. The molecule has 0 saturated heterocycles. The fourth-order valence-corrected chi connectivity index (χ4v) is 3.12. The molecule has 0 fully saturated rings. The summed E-state index contributed by atoms with van der Waals surface area (Å²) < 4.78 is 21.0. The number of ether oxygens (including phenoxy) is 4. The monoisotopic (exact) mass is 493 g/mol. The molecule has 0 amide bonds. The highest BCUT2D eigenvalue weighted by atomic mass is 16.6. The topological polar surface area (TPSA) is 131 Å². The summed E-state index contributed by atoms with van der Waals surface area (Å²) in [6.45, 7) is 6.87. The molecule has 0 aromatic heterocycles. The van der Waals surface area contributed by atoms with Crippen LogP contribution in [-0.2, 0) is 35.1 Å². The SMILES string of the molecule is CCCCCC(=O)Oc1ccc(C[C@H](N)C(=O)O[C@@H](C)COC(C)=O)cc1OC(=O)CCCCC. The van der Waals surface area contributed by atoms with Crippen LogP contribution < -0.4 is 15.2 Å². The van der Waals surface area contributed by atoms with E-state index in [2.05, 4.69) is 0 Å². The molecular formula is C26H39NO8. The van der Waals surface area contributed by atoms with Crippen LogP contribution in [0.5, 0.6) is 11.5 Å². The Labute approximate surface area is 207 Å². The van der Waals surface area contributed by atoms with Crippen molar-refractivity contribution in [3.05, 3.63) is 23.8 Å². The lowest BCUT2D eigenvalue weighted by atomic mass is 10.1. The molecule has 0 aliphatic rings. The summed E-state index contributed by atoms with van der Waals surface area (Å²) in [7, 11) is 0. The molecule has 0 heterocycles. The molecular weight excluding hydrogens is 454 g/mol. The first kappa shape index (κ1) is 30.1. The Morgan fingerprint density at radius 3 is 2.00 bits per heavy atom. The van der Waals surface area contributed by atoms with Gasteiger partial charge in [0, 0.05) is 19.8 Å². The predicted octanol–water partition coefficient (Wildman–Crippen LogP) is 4.02. The second-order valence-corrected chi connectivity index (χ2v) is 8.50. The van der Waals surface area contributed by atoms with Gasteiger partial charge in [0.2, 0.25) is 0 Å². The van der Waals surface area contributed by atoms with Gasteiger partial charge in [0.25, 0.3) is 0 Å². The minimum Gasteiger partial charge on any atom is -0.462 e. The first-order chi connectivity index (χ1) is 16.7. The number of rotatable bonds is 16. The zero-order valence-corrected chi connectivity index (χ0v) is 21.3. The van der Waals surface area contributed by atoms with E-state index >= 15 is 0 Å².